The third-order valence-electron chi connectivity index (χ3n) is 5.09. The summed E-state index contributed by atoms with van der Waals surface area (Å²) in [5.41, 5.74) is 2.30. The summed E-state index contributed by atoms with van der Waals surface area (Å²) in [7, 11) is 6.68. The van der Waals surface area contributed by atoms with Crippen LogP contribution in [0.25, 0.3) is 0 Å². The Morgan fingerprint density at radius 2 is 1.55 bits per heavy atom. The van der Waals surface area contributed by atoms with E-state index in [9.17, 15) is 0 Å². The molecule has 0 spiro atoms. The number of ether oxygens (including phenoxy) is 3. The number of nitrogens with one attached hydrogen (secondary N) is 1. The molecule has 0 radical (unpaired) electrons. The minimum atomic E-state index is 0.597. The molecular weight excluding hydrogens is 368 g/mol. The van der Waals surface area contributed by atoms with Gasteiger partial charge in [0.1, 0.15) is 0 Å². The number of piperazine rings is 1. The molecule has 29 heavy (non-hydrogen) atoms. The number of para-hydroxylation sites is 1. The molecule has 0 saturated carbocycles. The predicted molar refractivity (Wildman–Crippen MR) is 117 cm³/mol. The number of benzene rings is 2. The fourth-order valence-corrected chi connectivity index (χ4v) is 3.57. The van der Waals surface area contributed by atoms with Crippen molar-refractivity contribution in [2.24, 2.45) is 4.99 Å². The Labute approximate surface area is 172 Å². The molecule has 0 unspecified atom stereocenters. The molecule has 7 nitrogen and oxygen atoms in total. The fraction of sp³-hybridized carbons (Fsp3) is 0.409. The predicted octanol–water partition coefficient (Wildman–Crippen LogP) is 2.61. The van der Waals surface area contributed by atoms with E-state index in [4.69, 9.17) is 14.2 Å². The van der Waals surface area contributed by atoms with Gasteiger partial charge in [-0.3, -0.25) is 4.99 Å². The van der Waals surface area contributed by atoms with Crippen LogP contribution in [0.4, 0.5) is 5.69 Å². The monoisotopic (exact) mass is 398 g/mol. The first-order valence-corrected chi connectivity index (χ1v) is 9.74. The van der Waals surface area contributed by atoms with Crippen LogP contribution in [0, 0.1) is 0 Å². The van der Waals surface area contributed by atoms with Gasteiger partial charge in [-0.1, -0.05) is 18.2 Å². The maximum absolute atomic E-state index is 5.44. The Kier molecular flexibility index (Phi) is 7.05. The molecule has 0 aliphatic carbocycles. The van der Waals surface area contributed by atoms with Gasteiger partial charge < -0.3 is 29.3 Å². The molecule has 0 atom stereocenters. The summed E-state index contributed by atoms with van der Waals surface area (Å²) in [5.74, 6) is 2.79. The maximum Gasteiger partial charge on any atom is 0.203 e. The van der Waals surface area contributed by atoms with Crippen LogP contribution < -0.4 is 24.4 Å². The third-order valence-corrected chi connectivity index (χ3v) is 5.09. The topological polar surface area (TPSA) is 58.6 Å². The molecule has 156 valence electrons. The van der Waals surface area contributed by atoms with Crippen LogP contribution in [0.3, 0.4) is 0 Å². The Morgan fingerprint density at radius 3 is 2.07 bits per heavy atom. The highest BCUT2D eigenvalue weighted by atomic mass is 16.5. The van der Waals surface area contributed by atoms with E-state index in [1.807, 2.05) is 19.2 Å². The summed E-state index contributed by atoms with van der Waals surface area (Å²) >= 11 is 0. The van der Waals surface area contributed by atoms with Gasteiger partial charge >= 0.3 is 0 Å². The lowest BCUT2D eigenvalue weighted by molar-refractivity contribution is 0.323. The van der Waals surface area contributed by atoms with Crippen molar-refractivity contribution in [3.05, 3.63) is 48.0 Å². The molecule has 2 aromatic carbocycles. The van der Waals surface area contributed by atoms with Crippen molar-refractivity contribution in [2.45, 2.75) is 6.54 Å². The molecule has 3 rings (SSSR count). The van der Waals surface area contributed by atoms with Gasteiger partial charge in [0.05, 0.1) is 21.3 Å². The van der Waals surface area contributed by atoms with Gasteiger partial charge in [0.25, 0.3) is 0 Å². The smallest absolute Gasteiger partial charge is 0.203 e. The molecule has 1 aliphatic rings. The van der Waals surface area contributed by atoms with Gasteiger partial charge in [-0.05, 0) is 29.8 Å². The van der Waals surface area contributed by atoms with Gasteiger partial charge in [0.2, 0.25) is 5.75 Å². The number of anilines is 1. The number of methoxy groups -OCH3 is 3. The SMILES string of the molecule is CN=C(NCc1cc(OC)c(OC)c(OC)c1)N1CCN(c2ccccc2)CC1. The van der Waals surface area contributed by atoms with Gasteiger partial charge in [-0.15, -0.1) is 0 Å². The van der Waals surface area contributed by atoms with E-state index in [0.717, 1.165) is 37.7 Å². The molecule has 1 heterocycles. The van der Waals surface area contributed by atoms with Crippen molar-refractivity contribution < 1.29 is 14.2 Å². The minimum absolute atomic E-state index is 0.597. The standard InChI is InChI=1S/C22H30N4O3/c1-23-22(26-12-10-25(11-13-26)18-8-6-5-7-9-18)24-16-17-14-19(27-2)21(29-4)20(15-17)28-3/h5-9,14-15H,10-13,16H2,1-4H3,(H,23,24). The normalized spacial score (nSPS) is 14.6. The van der Waals surface area contributed by atoms with Crippen molar-refractivity contribution >= 4 is 11.6 Å². The number of nitrogens with zero attached hydrogens (tertiary/aromatic N) is 3. The minimum Gasteiger partial charge on any atom is -0.493 e. The van der Waals surface area contributed by atoms with Crippen LogP contribution in [-0.4, -0.2) is 65.4 Å². The third kappa shape index (κ3) is 4.85. The van der Waals surface area contributed by atoms with E-state index in [-0.39, 0.29) is 0 Å². The first kappa shape index (κ1) is 20.6. The van der Waals surface area contributed by atoms with Crippen LogP contribution >= 0.6 is 0 Å². The molecule has 1 fully saturated rings. The molecule has 1 aliphatic heterocycles. The van der Waals surface area contributed by atoms with E-state index in [1.54, 1.807) is 21.3 Å². The second kappa shape index (κ2) is 9.91. The van der Waals surface area contributed by atoms with Crippen LogP contribution in [0.15, 0.2) is 47.5 Å². The molecule has 0 bridgehead atoms. The highest BCUT2D eigenvalue weighted by Crippen LogP contribution is 2.38. The van der Waals surface area contributed by atoms with Crippen molar-refractivity contribution in [3.8, 4) is 17.2 Å². The Balaban J connectivity index is 1.61. The first-order valence-electron chi connectivity index (χ1n) is 9.74. The molecular formula is C22H30N4O3. The van der Waals surface area contributed by atoms with E-state index in [2.05, 4.69) is 50.4 Å². The highest BCUT2D eigenvalue weighted by molar-refractivity contribution is 5.80. The highest BCUT2D eigenvalue weighted by Gasteiger charge is 2.20. The number of hydrogen-bond acceptors (Lipinski definition) is 5. The Hall–Kier alpha value is -3.09. The van der Waals surface area contributed by atoms with Crippen molar-refractivity contribution in [1.29, 1.82) is 0 Å². The zero-order valence-corrected chi connectivity index (χ0v) is 17.6. The molecule has 0 aromatic heterocycles. The zero-order valence-electron chi connectivity index (χ0n) is 17.6. The summed E-state index contributed by atoms with van der Waals surface area (Å²) in [6.07, 6.45) is 0. The summed E-state index contributed by atoms with van der Waals surface area (Å²) in [6, 6.07) is 14.4. The van der Waals surface area contributed by atoms with E-state index in [1.165, 1.54) is 5.69 Å². The van der Waals surface area contributed by atoms with Crippen LogP contribution in [0.5, 0.6) is 17.2 Å². The second-order valence-electron chi connectivity index (χ2n) is 6.74. The maximum atomic E-state index is 5.44. The van der Waals surface area contributed by atoms with Crippen molar-refractivity contribution in [2.75, 3.05) is 59.5 Å². The number of rotatable bonds is 6. The van der Waals surface area contributed by atoms with Gasteiger partial charge in [-0.2, -0.15) is 0 Å². The van der Waals surface area contributed by atoms with Crippen molar-refractivity contribution in [3.63, 3.8) is 0 Å². The van der Waals surface area contributed by atoms with Crippen LogP contribution in [-0.2, 0) is 6.54 Å². The number of guanidine groups is 1. The van der Waals surface area contributed by atoms with Crippen molar-refractivity contribution in [1.82, 2.24) is 10.2 Å². The van der Waals surface area contributed by atoms with Crippen LogP contribution in [0.1, 0.15) is 5.56 Å². The lowest BCUT2D eigenvalue weighted by atomic mass is 10.1. The molecule has 2 aromatic rings. The van der Waals surface area contributed by atoms with Gasteiger partial charge in [-0.25, -0.2) is 0 Å². The molecule has 1 saturated heterocycles. The van der Waals surface area contributed by atoms with E-state index < -0.39 is 0 Å². The molecule has 0 amide bonds. The van der Waals surface area contributed by atoms with Gasteiger partial charge in [0.15, 0.2) is 17.5 Å². The first-order chi connectivity index (χ1) is 14.2. The quantitative estimate of drug-likeness (QED) is 0.596. The fourth-order valence-electron chi connectivity index (χ4n) is 3.57. The lowest BCUT2D eigenvalue weighted by Crippen LogP contribution is -2.52. The average molecular weight is 399 g/mol. The van der Waals surface area contributed by atoms with E-state index >= 15 is 0 Å². The second-order valence-corrected chi connectivity index (χ2v) is 6.74. The van der Waals surface area contributed by atoms with Crippen LogP contribution in [0.2, 0.25) is 0 Å². The number of hydrogen-bond donors (Lipinski definition) is 1. The molecule has 7 heteroatoms. The molecule has 1 N–H and O–H groups in total. The number of aliphatic imine (C=N–C) groups is 1. The summed E-state index contributed by atoms with van der Waals surface area (Å²) in [4.78, 5) is 9.16. The summed E-state index contributed by atoms with van der Waals surface area (Å²) in [6.45, 7) is 4.39. The summed E-state index contributed by atoms with van der Waals surface area (Å²) in [5, 5.41) is 3.46. The zero-order chi connectivity index (χ0) is 20.6. The Bertz CT molecular complexity index is 793. The van der Waals surface area contributed by atoms with E-state index in [0.29, 0.717) is 23.8 Å². The Morgan fingerprint density at radius 1 is 0.931 bits per heavy atom. The lowest BCUT2D eigenvalue weighted by Gasteiger charge is -2.37. The largest absolute Gasteiger partial charge is 0.493 e. The average Bonchev–Trinajstić information content (AvgIpc) is 2.79. The van der Waals surface area contributed by atoms with Gasteiger partial charge in [0, 0.05) is 45.5 Å². The summed E-state index contributed by atoms with van der Waals surface area (Å²) < 4.78 is 16.3.